The van der Waals surface area contributed by atoms with Gasteiger partial charge in [0.05, 0.1) is 12.7 Å². The zero-order valence-electron chi connectivity index (χ0n) is 11.3. The fourth-order valence-corrected chi connectivity index (χ4v) is 2.43. The van der Waals surface area contributed by atoms with Crippen molar-refractivity contribution >= 4 is 17.7 Å². The average Bonchev–Trinajstić information content (AvgIpc) is 3.04. The highest BCUT2D eigenvalue weighted by atomic mass is 16.4. The Labute approximate surface area is 121 Å². The molecule has 21 heavy (non-hydrogen) atoms. The summed E-state index contributed by atoms with van der Waals surface area (Å²) in [5.41, 5.74) is 7.33. The molecule has 0 saturated carbocycles. The van der Waals surface area contributed by atoms with Crippen LogP contribution in [0.25, 0.3) is 0 Å². The summed E-state index contributed by atoms with van der Waals surface area (Å²) in [6.45, 7) is 2.62. The molecule has 0 unspecified atom stereocenters. The average molecular weight is 285 g/mol. The van der Waals surface area contributed by atoms with Crippen molar-refractivity contribution in [2.24, 2.45) is 10.7 Å². The van der Waals surface area contributed by atoms with Gasteiger partial charge in [-0.25, -0.2) is 9.48 Å². The van der Waals surface area contributed by atoms with Gasteiger partial charge in [0.1, 0.15) is 11.7 Å². The molecule has 0 bridgehead atoms. The van der Waals surface area contributed by atoms with Crippen molar-refractivity contribution in [3.8, 4) is 0 Å². The van der Waals surface area contributed by atoms with E-state index in [0.29, 0.717) is 5.56 Å². The number of amidine groups is 1. The van der Waals surface area contributed by atoms with Gasteiger partial charge >= 0.3 is 6.09 Å². The number of benzene rings is 1. The quantitative estimate of drug-likeness (QED) is 0.654. The maximum Gasteiger partial charge on any atom is 0.433 e. The highest BCUT2D eigenvalue weighted by Crippen LogP contribution is 2.22. The zero-order valence-corrected chi connectivity index (χ0v) is 11.3. The molecule has 7 heteroatoms. The molecule has 3 rings (SSSR count). The Morgan fingerprint density at radius 2 is 2.05 bits per heavy atom. The topological polar surface area (TPSA) is 96.7 Å². The summed E-state index contributed by atoms with van der Waals surface area (Å²) in [4.78, 5) is 16.0. The van der Waals surface area contributed by atoms with Gasteiger partial charge in [0, 0.05) is 24.7 Å². The molecule has 1 aliphatic rings. The second kappa shape index (κ2) is 5.28. The highest BCUT2D eigenvalue weighted by molar-refractivity contribution is 6.02. The van der Waals surface area contributed by atoms with Crippen LogP contribution in [0.4, 0.5) is 10.6 Å². The Bertz CT molecular complexity index is 690. The predicted molar refractivity (Wildman–Crippen MR) is 78.5 cm³/mol. The van der Waals surface area contributed by atoms with Gasteiger partial charge in [-0.2, -0.15) is 10.1 Å². The summed E-state index contributed by atoms with van der Waals surface area (Å²) in [5, 5.41) is 12.8. The molecule has 2 aromatic rings. The molecule has 2 heterocycles. The van der Waals surface area contributed by atoms with Crippen molar-refractivity contribution in [3.05, 3.63) is 47.7 Å². The van der Waals surface area contributed by atoms with Crippen LogP contribution in [0, 0.1) is 0 Å². The Kier molecular flexibility index (Phi) is 3.31. The first-order valence-electron chi connectivity index (χ1n) is 6.56. The number of hydrogen-bond acceptors (Lipinski definition) is 3. The van der Waals surface area contributed by atoms with E-state index in [4.69, 9.17) is 10.8 Å². The van der Waals surface area contributed by atoms with Crippen LogP contribution >= 0.6 is 0 Å². The second-order valence-electron chi connectivity index (χ2n) is 4.81. The third-order valence-corrected chi connectivity index (χ3v) is 3.44. The Morgan fingerprint density at radius 3 is 2.76 bits per heavy atom. The van der Waals surface area contributed by atoms with E-state index in [1.165, 1.54) is 0 Å². The first-order valence-corrected chi connectivity index (χ1v) is 6.56. The summed E-state index contributed by atoms with van der Waals surface area (Å²) < 4.78 is 1.98. The number of rotatable bonds is 3. The summed E-state index contributed by atoms with van der Waals surface area (Å²) in [7, 11) is 0. The van der Waals surface area contributed by atoms with Crippen molar-refractivity contribution in [3.63, 3.8) is 0 Å². The van der Waals surface area contributed by atoms with E-state index in [0.717, 1.165) is 31.0 Å². The van der Waals surface area contributed by atoms with Crippen LogP contribution in [0.2, 0.25) is 0 Å². The molecule has 0 aliphatic carbocycles. The number of amides is 1. The van der Waals surface area contributed by atoms with Crippen molar-refractivity contribution in [2.45, 2.75) is 13.1 Å². The first-order chi connectivity index (χ1) is 10.1. The van der Waals surface area contributed by atoms with Gasteiger partial charge in [0.2, 0.25) is 0 Å². The summed E-state index contributed by atoms with van der Waals surface area (Å²) in [5.74, 6) is 1.12. The number of aromatic nitrogens is 2. The molecule has 0 spiro atoms. The molecule has 3 N–H and O–H groups in total. The number of fused-ring (bicyclic) bond motifs is 1. The van der Waals surface area contributed by atoms with Gasteiger partial charge in [-0.15, -0.1) is 0 Å². The molecule has 1 amide bonds. The number of aliphatic imine (C=N–C) groups is 1. The van der Waals surface area contributed by atoms with Gasteiger partial charge in [0.15, 0.2) is 0 Å². The lowest BCUT2D eigenvalue weighted by Crippen LogP contribution is -2.20. The smallest absolute Gasteiger partial charge is 0.433 e. The van der Waals surface area contributed by atoms with Crippen molar-refractivity contribution in [1.29, 1.82) is 0 Å². The molecular weight excluding hydrogens is 270 g/mol. The largest absolute Gasteiger partial charge is 0.463 e. The standard InChI is InChI=1S/C14H15N5O2/c15-13(17-14(20)21)11-3-1-10(2-4-11)9-18-7-8-19-12(18)5-6-16-19/h1-6H,7-9H2,(H2,15,17)(H,20,21). The van der Waals surface area contributed by atoms with Crippen molar-refractivity contribution in [2.75, 3.05) is 11.4 Å². The molecule has 7 nitrogen and oxygen atoms in total. The number of nitrogens with zero attached hydrogens (tertiary/aromatic N) is 4. The van der Waals surface area contributed by atoms with Crippen LogP contribution in [0.5, 0.6) is 0 Å². The van der Waals surface area contributed by atoms with Crippen LogP contribution in [0.1, 0.15) is 11.1 Å². The zero-order chi connectivity index (χ0) is 14.8. The molecule has 1 aliphatic heterocycles. The third-order valence-electron chi connectivity index (χ3n) is 3.44. The van der Waals surface area contributed by atoms with Crippen LogP contribution in [0.15, 0.2) is 41.5 Å². The molecule has 1 aromatic heterocycles. The van der Waals surface area contributed by atoms with Crippen molar-refractivity contribution in [1.82, 2.24) is 9.78 Å². The SMILES string of the molecule is NC(=NC(=O)O)c1ccc(CN2CCn3nccc32)cc1. The van der Waals surface area contributed by atoms with Gasteiger partial charge < -0.3 is 15.7 Å². The minimum atomic E-state index is -1.29. The van der Waals surface area contributed by atoms with Gasteiger partial charge in [0.25, 0.3) is 0 Å². The molecule has 108 valence electrons. The molecule has 0 saturated heterocycles. The Balaban J connectivity index is 1.72. The molecule has 0 fully saturated rings. The summed E-state index contributed by atoms with van der Waals surface area (Å²) in [6, 6.07) is 9.42. The van der Waals surface area contributed by atoms with E-state index in [2.05, 4.69) is 15.0 Å². The Hall–Kier alpha value is -2.83. The van der Waals surface area contributed by atoms with E-state index in [9.17, 15) is 4.79 Å². The fourth-order valence-electron chi connectivity index (χ4n) is 2.43. The van der Waals surface area contributed by atoms with E-state index >= 15 is 0 Å². The summed E-state index contributed by atoms with van der Waals surface area (Å²) in [6.07, 6.45) is 0.509. The van der Waals surface area contributed by atoms with E-state index in [1.807, 2.05) is 22.9 Å². The number of anilines is 1. The first kappa shape index (κ1) is 13.2. The van der Waals surface area contributed by atoms with Gasteiger partial charge in [-0.1, -0.05) is 24.3 Å². The minimum Gasteiger partial charge on any atom is -0.463 e. The van der Waals surface area contributed by atoms with Crippen LogP contribution in [-0.2, 0) is 13.1 Å². The maximum atomic E-state index is 10.5. The Morgan fingerprint density at radius 1 is 1.29 bits per heavy atom. The molecule has 0 radical (unpaired) electrons. The lowest BCUT2D eigenvalue weighted by molar-refractivity contribution is 0.205. The predicted octanol–water partition coefficient (Wildman–Crippen LogP) is 1.29. The summed E-state index contributed by atoms with van der Waals surface area (Å²) >= 11 is 0. The normalized spacial score (nSPS) is 14.3. The number of hydrogen-bond donors (Lipinski definition) is 2. The van der Waals surface area contributed by atoms with Crippen molar-refractivity contribution < 1.29 is 9.90 Å². The van der Waals surface area contributed by atoms with Crippen LogP contribution in [0.3, 0.4) is 0 Å². The monoisotopic (exact) mass is 285 g/mol. The number of nitrogens with two attached hydrogens (primary N) is 1. The molecular formula is C14H15N5O2. The lowest BCUT2D eigenvalue weighted by Gasteiger charge is -2.17. The number of carboxylic acid groups (broad SMARTS) is 1. The maximum absolute atomic E-state index is 10.5. The second-order valence-corrected chi connectivity index (χ2v) is 4.81. The van der Waals surface area contributed by atoms with Crippen LogP contribution in [-0.4, -0.2) is 33.4 Å². The number of carbonyl (C=O) groups is 1. The molecule has 0 atom stereocenters. The van der Waals surface area contributed by atoms with Gasteiger partial charge in [-0.3, -0.25) is 0 Å². The highest BCUT2D eigenvalue weighted by Gasteiger charge is 2.18. The lowest BCUT2D eigenvalue weighted by atomic mass is 10.1. The minimum absolute atomic E-state index is 0.00768. The molecule has 1 aromatic carbocycles. The van der Waals surface area contributed by atoms with E-state index in [1.54, 1.807) is 18.3 Å². The van der Waals surface area contributed by atoms with E-state index in [-0.39, 0.29) is 5.84 Å². The third kappa shape index (κ3) is 2.71. The van der Waals surface area contributed by atoms with E-state index < -0.39 is 6.09 Å². The van der Waals surface area contributed by atoms with Crippen LogP contribution < -0.4 is 10.6 Å². The fraction of sp³-hybridized carbons (Fsp3) is 0.214. The van der Waals surface area contributed by atoms with Gasteiger partial charge in [-0.05, 0) is 5.56 Å².